The summed E-state index contributed by atoms with van der Waals surface area (Å²) < 4.78 is 28.4. The molecule has 5 rings (SSSR count). The molecule has 0 aromatic carbocycles. The summed E-state index contributed by atoms with van der Waals surface area (Å²) in [7, 11) is 0. The third-order valence-electron chi connectivity index (χ3n) is 9.38. The van der Waals surface area contributed by atoms with Gasteiger partial charge in [0.2, 0.25) is 5.78 Å². The SMILES string of the molecule is CC(=O)CCC(=O)OCC(=O)[C@]12O[C@@]13C[C@H](O)[C@@]1(F)[C@@H](CCC4=CC(=O)C=C[C@@]41C)[C@@H]3C[C@H]2C. The van der Waals surface area contributed by atoms with E-state index in [0.29, 0.717) is 24.8 Å². The normalized spacial score (nSPS) is 45.9. The predicted molar refractivity (Wildman–Crippen MR) is 117 cm³/mol. The molecule has 5 aliphatic rings. The van der Waals surface area contributed by atoms with Crippen molar-refractivity contribution in [2.24, 2.45) is 23.2 Å². The van der Waals surface area contributed by atoms with Gasteiger partial charge in [-0.05, 0) is 57.1 Å². The molecule has 184 valence electrons. The van der Waals surface area contributed by atoms with Gasteiger partial charge in [-0.15, -0.1) is 0 Å². The Morgan fingerprint density at radius 2 is 2.00 bits per heavy atom. The van der Waals surface area contributed by atoms with Gasteiger partial charge in [0.1, 0.15) is 11.4 Å². The fourth-order valence-electron chi connectivity index (χ4n) is 7.73. The number of alkyl halides is 1. The van der Waals surface area contributed by atoms with Crippen molar-refractivity contribution < 1.29 is 38.1 Å². The van der Waals surface area contributed by atoms with Crippen molar-refractivity contribution in [3.8, 4) is 0 Å². The Balaban J connectivity index is 1.39. The highest BCUT2D eigenvalue weighted by Gasteiger charge is 2.87. The first kappa shape index (κ1) is 23.5. The second-order valence-electron chi connectivity index (χ2n) is 11.0. The second-order valence-corrected chi connectivity index (χ2v) is 11.0. The monoisotopic (exact) mass is 474 g/mol. The highest BCUT2D eigenvalue weighted by molar-refractivity contribution is 6.01. The van der Waals surface area contributed by atoms with Crippen LogP contribution in [0.2, 0.25) is 0 Å². The third-order valence-corrected chi connectivity index (χ3v) is 9.38. The van der Waals surface area contributed by atoms with E-state index in [1.165, 1.54) is 19.1 Å². The summed E-state index contributed by atoms with van der Waals surface area (Å²) in [4.78, 5) is 48.2. The number of esters is 1. The van der Waals surface area contributed by atoms with Crippen molar-refractivity contribution in [1.82, 2.24) is 0 Å². The van der Waals surface area contributed by atoms with Crippen LogP contribution in [0.15, 0.2) is 23.8 Å². The number of Topliss-reactive ketones (excluding diaryl/α,β-unsaturated/α-hetero) is 2. The van der Waals surface area contributed by atoms with Crippen LogP contribution >= 0.6 is 0 Å². The van der Waals surface area contributed by atoms with Crippen molar-refractivity contribution in [2.45, 2.75) is 82.3 Å². The number of allylic oxidation sites excluding steroid dienone is 4. The molecule has 1 spiro atoms. The maximum Gasteiger partial charge on any atom is 0.306 e. The Morgan fingerprint density at radius 3 is 2.71 bits per heavy atom. The quantitative estimate of drug-likeness (QED) is 0.465. The topological polar surface area (TPSA) is 110 Å². The standard InChI is InChI=1S/C26H31FO7/c1-14-10-19-18-6-5-16-11-17(29)8-9-23(16,3)25(18,27)20(30)12-24(19)26(14,34-24)21(31)13-33-22(32)7-4-15(2)28/h8-9,11,14,18-20,30H,4-7,10,12-13H2,1-3H3/t14-,18+,19+,20+,23+,24-,25+,26+/m1/s1. The maximum absolute atomic E-state index is 17.1. The molecule has 7 nitrogen and oxygen atoms in total. The molecular weight excluding hydrogens is 443 g/mol. The fraction of sp³-hybridized carbons (Fsp3) is 0.692. The Hall–Kier alpha value is -2.19. The number of aliphatic hydroxyl groups excluding tert-OH is 1. The van der Waals surface area contributed by atoms with Crippen LogP contribution in [-0.4, -0.2) is 58.0 Å². The Labute approximate surface area is 197 Å². The number of hydrogen-bond donors (Lipinski definition) is 1. The van der Waals surface area contributed by atoms with Crippen LogP contribution in [0.4, 0.5) is 4.39 Å². The highest BCUT2D eigenvalue weighted by atomic mass is 19.1. The van der Waals surface area contributed by atoms with Gasteiger partial charge < -0.3 is 19.4 Å². The molecule has 1 aliphatic heterocycles. The van der Waals surface area contributed by atoms with Gasteiger partial charge >= 0.3 is 5.97 Å². The van der Waals surface area contributed by atoms with Crippen LogP contribution in [-0.2, 0) is 28.7 Å². The minimum Gasteiger partial charge on any atom is -0.458 e. The minimum atomic E-state index is -1.98. The van der Waals surface area contributed by atoms with E-state index in [1.54, 1.807) is 13.0 Å². The molecule has 8 heteroatoms. The van der Waals surface area contributed by atoms with E-state index in [4.69, 9.17) is 9.47 Å². The van der Waals surface area contributed by atoms with Gasteiger partial charge in [-0.1, -0.05) is 18.6 Å². The molecule has 1 N–H and O–H groups in total. The Bertz CT molecular complexity index is 1050. The number of ketones is 3. The van der Waals surface area contributed by atoms with E-state index in [2.05, 4.69) is 0 Å². The summed E-state index contributed by atoms with van der Waals surface area (Å²) in [6, 6.07) is 0. The van der Waals surface area contributed by atoms with Crippen LogP contribution in [0.25, 0.3) is 0 Å². The lowest BCUT2D eigenvalue weighted by atomic mass is 9.48. The van der Waals surface area contributed by atoms with Crippen molar-refractivity contribution in [3.05, 3.63) is 23.8 Å². The number of carbonyl (C=O) groups excluding carboxylic acids is 4. The lowest BCUT2D eigenvalue weighted by Crippen LogP contribution is -2.66. The smallest absolute Gasteiger partial charge is 0.306 e. The lowest BCUT2D eigenvalue weighted by Gasteiger charge is -2.59. The largest absolute Gasteiger partial charge is 0.458 e. The summed E-state index contributed by atoms with van der Waals surface area (Å²) in [5.41, 5.74) is -4.54. The van der Waals surface area contributed by atoms with Gasteiger partial charge in [0.05, 0.1) is 12.5 Å². The molecule has 0 bridgehead atoms. The van der Waals surface area contributed by atoms with Gasteiger partial charge in [-0.25, -0.2) is 4.39 Å². The lowest BCUT2D eigenvalue weighted by molar-refractivity contribution is -0.179. The molecule has 1 heterocycles. The van der Waals surface area contributed by atoms with Crippen molar-refractivity contribution in [3.63, 3.8) is 0 Å². The highest BCUT2D eigenvalue weighted by Crippen LogP contribution is 2.76. The number of epoxide rings is 1. The van der Waals surface area contributed by atoms with Gasteiger partial charge in [-0.3, -0.25) is 14.4 Å². The second kappa shape index (κ2) is 7.40. The van der Waals surface area contributed by atoms with Gasteiger partial charge in [-0.2, -0.15) is 0 Å². The van der Waals surface area contributed by atoms with E-state index in [0.717, 1.165) is 0 Å². The molecule has 1 saturated heterocycles. The first-order valence-electron chi connectivity index (χ1n) is 12.1. The molecule has 4 aliphatic carbocycles. The molecule has 0 radical (unpaired) electrons. The van der Waals surface area contributed by atoms with E-state index >= 15 is 4.39 Å². The molecule has 0 aromatic rings. The summed E-state index contributed by atoms with van der Waals surface area (Å²) in [5, 5.41) is 11.3. The fourth-order valence-corrected chi connectivity index (χ4v) is 7.73. The zero-order chi connectivity index (χ0) is 24.7. The third kappa shape index (κ3) is 2.81. The van der Waals surface area contributed by atoms with E-state index in [1.807, 2.05) is 6.92 Å². The van der Waals surface area contributed by atoms with Crippen molar-refractivity contribution in [1.29, 1.82) is 0 Å². The molecular formula is C26H31FO7. The number of halogens is 1. The number of carbonyl (C=O) groups is 4. The minimum absolute atomic E-state index is 0.0241. The number of aliphatic hydroxyl groups is 1. The van der Waals surface area contributed by atoms with E-state index in [-0.39, 0.29) is 48.4 Å². The first-order valence-corrected chi connectivity index (χ1v) is 12.1. The Morgan fingerprint density at radius 1 is 1.26 bits per heavy atom. The molecule has 34 heavy (non-hydrogen) atoms. The molecule has 0 amide bonds. The maximum atomic E-state index is 17.1. The van der Waals surface area contributed by atoms with Crippen LogP contribution < -0.4 is 0 Å². The van der Waals surface area contributed by atoms with Gasteiger partial charge in [0, 0.05) is 24.2 Å². The zero-order valence-electron chi connectivity index (χ0n) is 19.8. The van der Waals surface area contributed by atoms with E-state index in [9.17, 15) is 24.3 Å². The van der Waals surface area contributed by atoms with Crippen LogP contribution in [0.3, 0.4) is 0 Å². The summed E-state index contributed by atoms with van der Waals surface area (Å²) >= 11 is 0. The zero-order valence-corrected chi connectivity index (χ0v) is 19.8. The number of fused-ring (bicyclic) bond motifs is 4. The predicted octanol–water partition coefficient (Wildman–Crippen LogP) is 2.59. The number of rotatable bonds is 6. The Kier molecular flexibility index (Phi) is 5.13. The molecule has 8 atom stereocenters. The first-order chi connectivity index (χ1) is 15.9. The van der Waals surface area contributed by atoms with Crippen molar-refractivity contribution >= 4 is 23.3 Å². The summed E-state index contributed by atoms with van der Waals surface area (Å²) in [6.45, 7) is 4.56. The van der Waals surface area contributed by atoms with Gasteiger partial charge in [0.15, 0.2) is 23.7 Å². The van der Waals surface area contributed by atoms with Crippen LogP contribution in [0, 0.1) is 23.2 Å². The summed E-state index contributed by atoms with van der Waals surface area (Å²) in [5.74, 6) is -2.32. The van der Waals surface area contributed by atoms with Crippen LogP contribution in [0.1, 0.15) is 59.3 Å². The van der Waals surface area contributed by atoms with E-state index < -0.39 is 46.9 Å². The number of ether oxygens (including phenoxy) is 2. The molecule has 0 aromatic heterocycles. The van der Waals surface area contributed by atoms with Crippen molar-refractivity contribution in [2.75, 3.05) is 6.61 Å². The molecule has 0 unspecified atom stereocenters. The average Bonchev–Trinajstić information content (AvgIpc) is 3.38. The average molecular weight is 475 g/mol. The molecule has 3 saturated carbocycles. The van der Waals surface area contributed by atoms with Gasteiger partial charge in [0.25, 0.3) is 0 Å². The number of hydrogen-bond acceptors (Lipinski definition) is 7. The molecule has 4 fully saturated rings. The summed E-state index contributed by atoms with van der Waals surface area (Å²) in [6.07, 6.45) is 4.62. The van der Waals surface area contributed by atoms with Crippen LogP contribution in [0.5, 0.6) is 0 Å².